The number of benzene rings is 6. The van der Waals surface area contributed by atoms with Crippen LogP contribution < -0.4 is 5.32 Å². The first-order valence-corrected chi connectivity index (χ1v) is 14.2. The van der Waals surface area contributed by atoms with E-state index >= 15 is 0 Å². The molecule has 0 atom stereocenters. The zero-order valence-electron chi connectivity index (χ0n) is 23.1. The lowest BCUT2D eigenvalue weighted by Gasteiger charge is -2.21. The van der Waals surface area contributed by atoms with Gasteiger partial charge in [0.25, 0.3) is 0 Å². The summed E-state index contributed by atoms with van der Waals surface area (Å²) in [5.74, 6) is 0. The average Bonchev–Trinajstić information content (AvgIpc) is 3.51. The fraction of sp³-hybridized carbons (Fsp3) is 0.0769. The second-order valence-electron chi connectivity index (χ2n) is 11.5. The molecule has 0 spiro atoms. The fourth-order valence-corrected chi connectivity index (χ4v) is 6.60. The number of nitrogens with one attached hydrogen (secondary N) is 1. The van der Waals surface area contributed by atoms with Gasteiger partial charge in [-0.3, -0.25) is 0 Å². The van der Waals surface area contributed by atoms with Crippen LogP contribution >= 0.6 is 0 Å². The van der Waals surface area contributed by atoms with E-state index < -0.39 is 0 Å². The summed E-state index contributed by atoms with van der Waals surface area (Å²) >= 11 is 0. The van der Waals surface area contributed by atoms with Crippen LogP contribution in [0.15, 0.2) is 138 Å². The van der Waals surface area contributed by atoms with Gasteiger partial charge in [0.1, 0.15) is 11.2 Å². The van der Waals surface area contributed by atoms with Crippen molar-refractivity contribution < 1.29 is 4.42 Å². The molecule has 1 N–H and O–H groups in total. The van der Waals surface area contributed by atoms with Crippen LogP contribution in [-0.2, 0) is 5.41 Å². The predicted molar refractivity (Wildman–Crippen MR) is 172 cm³/mol. The van der Waals surface area contributed by atoms with Gasteiger partial charge in [-0.25, -0.2) is 0 Å². The molecular formula is C39H29NO. The van der Waals surface area contributed by atoms with Crippen molar-refractivity contribution in [2.75, 3.05) is 5.32 Å². The Morgan fingerprint density at radius 3 is 1.83 bits per heavy atom. The van der Waals surface area contributed by atoms with E-state index in [9.17, 15) is 0 Å². The quantitative estimate of drug-likeness (QED) is 0.246. The van der Waals surface area contributed by atoms with Crippen molar-refractivity contribution >= 4 is 33.3 Å². The molecule has 0 amide bonds. The van der Waals surface area contributed by atoms with Crippen LogP contribution in [0.1, 0.15) is 25.0 Å². The highest BCUT2D eigenvalue weighted by atomic mass is 16.3. The summed E-state index contributed by atoms with van der Waals surface area (Å²) in [5, 5.41) is 5.88. The van der Waals surface area contributed by atoms with Gasteiger partial charge in [-0.1, -0.05) is 117 Å². The van der Waals surface area contributed by atoms with Crippen molar-refractivity contribution in [2.24, 2.45) is 0 Å². The van der Waals surface area contributed by atoms with Gasteiger partial charge in [0, 0.05) is 33.1 Å². The number of fused-ring (bicyclic) bond motifs is 6. The second-order valence-corrected chi connectivity index (χ2v) is 11.5. The fourth-order valence-electron chi connectivity index (χ4n) is 6.60. The van der Waals surface area contributed by atoms with E-state index in [1.54, 1.807) is 0 Å². The van der Waals surface area contributed by atoms with Gasteiger partial charge in [-0.05, 0) is 69.3 Å². The van der Waals surface area contributed by atoms with E-state index in [1.165, 1.54) is 33.4 Å². The molecule has 0 bridgehead atoms. The Bertz CT molecular complexity index is 2080. The van der Waals surface area contributed by atoms with Crippen LogP contribution in [0.2, 0.25) is 0 Å². The molecule has 0 unspecified atom stereocenters. The van der Waals surface area contributed by atoms with Crippen molar-refractivity contribution in [3.63, 3.8) is 0 Å². The Morgan fingerprint density at radius 1 is 0.488 bits per heavy atom. The molecule has 8 rings (SSSR count). The van der Waals surface area contributed by atoms with Crippen molar-refractivity contribution in [3.05, 3.63) is 145 Å². The minimum atomic E-state index is 0.00549. The molecule has 41 heavy (non-hydrogen) atoms. The first kappa shape index (κ1) is 23.8. The van der Waals surface area contributed by atoms with E-state index in [0.717, 1.165) is 44.4 Å². The highest BCUT2D eigenvalue weighted by Gasteiger charge is 2.36. The molecule has 2 heteroatoms. The Labute approximate surface area is 239 Å². The minimum Gasteiger partial charge on any atom is -0.455 e. The van der Waals surface area contributed by atoms with Gasteiger partial charge in [0.05, 0.1) is 0 Å². The number of rotatable bonds is 4. The van der Waals surface area contributed by atoms with Crippen molar-refractivity contribution in [1.82, 2.24) is 0 Å². The lowest BCUT2D eigenvalue weighted by molar-refractivity contribution is 0.660. The maximum absolute atomic E-state index is 6.25. The predicted octanol–water partition coefficient (Wildman–Crippen LogP) is 11.0. The molecule has 2 nitrogen and oxygen atoms in total. The number of furan rings is 1. The molecular weight excluding hydrogens is 498 g/mol. The summed E-state index contributed by atoms with van der Waals surface area (Å²) < 4.78 is 6.25. The monoisotopic (exact) mass is 527 g/mol. The summed E-state index contributed by atoms with van der Waals surface area (Å²) in [5.41, 5.74) is 14.3. The van der Waals surface area contributed by atoms with Gasteiger partial charge >= 0.3 is 0 Å². The van der Waals surface area contributed by atoms with Crippen LogP contribution in [-0.4, -0.2) is 0 Å². The molecule has 0 aliphatic heterocycles. The third-order valence-corrected chi connectivity index (χ3v) is 8.69. The zero-order valence-corrected chi connectivity index (χ0v) is 23.1. The third kappa shape index (κ3) is 3.72. The van der Waals surface area contributed by atoms with Gasteiger partial charge in [0.15, 0.2) is 0 Å². The van der Waals surface area contributed by atoms with E-state index in [-0.39, 0.29) is 5.41 Å². The minimum absolute atomic E-state index is 0.00549. The molecule has 7 aromatic rings. The molecule has 1 heterocycles. The van der Waals surface area contributed by atoms with Gasteiger partial charge < -0.3 is 9.73 Å². The molecule has 1 aromatic heterocycles. The smallest absolute Gasteiger partial charge is 0.143 e. The molecule has 0 saturated heterocycles. The standard InChI is InChI=1S/C39H29NO/c1-39(2)34-14-5-3-10-33(34)37-29(11-8-15-35(37)39)25-17-21-27(22-18-25)40-28-23-19-26(20-24-28)30-12-7-13-32-31-9-4-6-16-36(31)41-38(30)32/h3-24,40H,1-2H3. The summed E-state index contributed by atoms with van der Waals surface area (Å²) in [6.07, 6.45) is 0. The van der Waals surface area contributed by atoms with Gasteiger partial charge in [0.2, 0.25) is 0 Å². The first-order valence-electron chi connectivity index (χ1n) is 14.2. The van der Waals surface area contributed by atoms with E-state index in [0.29, 0.717) is 0 Å². The molecule has 0 radical (unpaired) electrons. The van der Waals surface area contributed by atoms with Crippen LogP contribution in [0.25, 0.3) is 55.3 Å². The molecule has 0 fully saturated rings. The number of hydrogen-bond donors (Lipinski definition) is 1. The van der Waals surface area contributed by atoms with Gasteiger partial charge in [-0.15, -0.1) is 0 Å². The maximum Gasteiger partial charge on any atom is 0.143 e. The highest BCUT2D eigenvalue weighted by molar-refractivity contribution is 6.09. The molecule has 1 aliphatic carbocycles. The molecule has 1 aliphatic rings. The van der Waals surface area contributed by atoms with Crippen LogP contribution in [0, 0.1) is 0 Å². The topological polar surface area (TPSA) is 25.2 Å². The molecule has 196 valence electrons. The van der Waals surface area contributed by atoms with Crippen molar-refractivity contribution in [2.45, 2.75) is 19.3 Å². The van der Waals surface area contributed by atoms with E-state index in [1.807, 2.05) is 12.1 Å². The third-order valence-electron chi connectivity index (χ3n) is 8.69. The Hall–Kier alpha value is -5.08. The largest absolute Gasteiger partial charge is 0.455 e. The Balaban J connectivity index is 1.08. The van der Waals surface area contributed by atoms with Crippen molar-refractivity contribution in [1.29, 1.82) is 0 Å². The summed E-state index contributed by atoms with van der Waals surface area (Å²) in [4.78, 5) is 0. The Morgan fingerprint density at radius 2 is 1.05 bits per heavy atom. The summed E-state index contributed by atoms with van der Waals surface area (Å²) in [7, 11) is 0. The lowest BCUT2D eigenvalue weighted by atomic mass is 9.82. The van der Waals surface area contributed by atoms with Gasteiger partial charge in [-0.2, -0.15) is 0 Å². The number of hydrogen-bond acceptors (Lipinski definition) is 2. The lowest BCUT2D eigenvalue weighted by Crippen LogP contribution is -2.14. The number of anilines is 2. The maximum atomic E-state index is 6.25. The first-order chi connectivity index (χ1) is 20.1. The van der Waals surface area contributed by atoms with E-state index in [2.05, 4.69) is 140 Å². The van der Waals surface area contributed by atoms with E-state index in [4.69, 9.17) is 4.42 Å². The molecule has 0 saturated carbocycles. The van der Waals surface area contributed by atoms with Crippen LogP contribution in [0.3, 0.4) is 0 Å². The van der Waals surface area contributed by atoms with Crippen LogP contribution in [0.5, 0.6) is 0 Å². The zero-order chi connectivity index (χ0) is 27.6. The SMILES string of the molecule is CC1(C)c2ccccc2-c2c(-c3ccc(Nc4ccc(-c5cccc6c5oc5ccccc56)cc4)cc3)cccc21. The summed E-state index contributed by atoms with van der Waals surface area (Å²) in [6, 6.07) is 47.5. The highest BCUT2D eigenvalue weighted by Crippen LogP contribution is 2.51. The summed E-state index contributed by atoms with van der Waals surface area (Å²) in [6.45, 7) is 4.66. The number of para-hydroxylation sites is 2. The van der Waals surface area contributed by atoms with Crippen LogP contribution in [0.4, 0.5) is 11.4 Å². The normalized spacial score (nSPS) is 13.3. The Kier molecular flexibility index (Phi) is 5.20. The average molecular weight is 528 g/mol. The van der Waals surface area contributed by atoms with Crippen molar-refractivity contribution in [3.8, 4) is 33.4 Å². The second kappa shape index (κ2) is 8.97. The molecule has 6 aromatic carbocycles.